The highest BCUT2D eigenvalue weighted by molar-refractivity contribution is 7.89. The van der Waals surface area contributed by atoms with Crippen LogP contribution in [0.1, 0.15) is 37.3 Å². The van der Waals surface area contributed by atoms with Crippen LogP contribution >= 0.6 is 0 Å². The zero-order valence-corrected chi connectivity index (χ0v) is 20.8. The maximum absolute atomic E-state index is 13.3. The maximum atomic E-state index is 13.3. The van der Waals surface area contributed by atoms with Crippen molar-refractivity contribution in [2.24, 2.45) is 0 Å². The van der Waals surface area contributed by atoms with Crippen molar-refractivity contribution in [1.82, 2.24) is 14.5 Å². The number of rotatable bonds is 11. The molecule has 1 atom stereocenters. The van der Waals surface area contributed by atoms with Crippen molar-refractivity contribution in [3.8, 4) is 0 Å². The Hall–Kier alpha value is -3.04. The smallest absolute Gasteiger partial charge is 0.243 e. The van der Waals surface area contributed by atoms with Crippen molar-refractivity contribution in [2.45, 2.75) is 50.1 Å². The Morgan fingerprint density at radius 3 is 2.29 bits per heavy atom. The molecule has 0 spiro atoms. The summed E-state index contributed by atoms with van der Waals surface area (Å²) in [5.74, 6) is -0.917. The molecule has 1 fully saturated rings. The van der Waals surface area contributed by atoms with Gasteiger partial charge in [0, 0.05) is 32.6 Å². The van der Waals surface area contributed by atoms with E-state index in [9.17, 15) is 22.4 Å². The van der Waals surface area contributed by atoms with Crippen LogP contribution in [-0.2, 0) is 32.6 Å². The van der Waals surface area contributed by atoms with Crippen LogP contribution in [0.3, 0.4) is 0 Å². The first-order valence-corrected chi connectivity index (χ1v) is 13.2. The van der Waals surface area contributed by atoms with Gasteiger partial charge in [0.2, 0.25) is 21.8 Å². The Labute approximate surface area is 206 Å². The molecule has 1 aliphatic rings. The van der Waals surface area contributed by atoms with Crippen LogP contribution in [0.5, 0.6) is 0 Å². The van der Waals surface area contributed by atoms with Crippen LogP contribution in [0, 0.1) is 5.82 Å². The minimum atomic E-state index is -3.49. The Kier molecular flexibility index (Phi) is 9.17. The third-order valence-electron chi connectivity index (χ3n) is 6.11. The number of sulfonamides is 1. The predicted molar refractivity (Wildman–Crippen MR) is 132 cm³/mol. The first-order valence-electron chi connectivity index (χ1n) is 11.7. The molecule has 2 aromatic rings. The van der Waals surface area contributed by atoms with Gasteiger partial charge in [0.25, 0.3) is 0 Å². The summed E-state index contributed by atoms with van der Waals surface area (Å²) in [6.07, 6.45) is 3.84. The SMILES string of the molecule is C=CCNC(=O)[C@H](C)N(Cc1ccc(F)cc1)C(=O)CCc1ccc(S(=O)(=O)N2CCCC2)cc1. The quantitative estimate of drug-likeness (QED) is 0.479. The Morgan fingerprint density at radius 2 is 1.69 bits per heavy atom. The second kappa shape index (κ2) is 12.1. The number of hydrogen-bond donors (Lipinski definition) is 1. The van der Waals surface area contributed by atoms with Crippen molar-refractivity contribution in [2.75, 3.05) is 19.6 Å². The molecule has 188 valence electrons. The summed E-state index contributed by atoms with van der Waals surface area (Å²) in [5.41, 5.74) is 1.53. The number of carbonyl (C=O) groups is 2. The van der Waals surface area contributed by atoms with Crippen LogP contribution < -0.4 is 5.32 Å². The van der Waals surface area contributed by atoms with E-state index in [1.807, 2.05) is 0 Å². The molecule has 0 bridgehead atoms. The molecule has 2 amide bonds. The van der Waals surface area contributed by atoms with Crippen molar-refractivity contribution < 1.29 is 22.4 Å². The summed E-state index contributed by atoms with van der Waals surface area (Å²) in [6.45, 7) is 6.77. The van der Waals surface area contributed by atoms with Crippen LogP contribution in [0.2, 0.25) is 0 Å². The third kappa shape index (κ3) is 6.99. The van der Waals surface area contributed by atoms with Crippen LogP contribution in [0.4, 0.5) is 4.39 Å². The lowest BCUT2D eigenvalue weighted by atomic mass is 10.1. The normalized spacial score (nSPS) is 14.9. The van der Waals surface area contributed by atoms with Gasteiger partial charge in [-0.3, -0.25) is 9.59 Å². The van der Waals surface area contributed by atoms with Gasteiger partial charge in [0.15, 0.2) is 0 Å². The predicted octanol–water partition coefficient (Wildman–Crippen LogP) is 3.26. The van der Waals surface area contributed by atoms with E-state index in [1.54, 1.807) is 49.4 Å². The molecule has 2 aromatic carbocycles. The van der Waals surface area contributed by atoms with E-state index in [-0.39, 0.29) is 42.0 Å². The van der Waals surface area contributed by atoms with E-state index in [0.717, 1.165) is 18.4 Å². The van der Waals surface area contributed by atoms with Gasteiger partial charge in [-0.05, 0) is 61.6 Å². The zero-order valence-electron chi connectivity index (χ0n) is 20.0. The standard InChI is InChI=1S/C26H32FN3O4S/c1-3-16-28-26(32)20(2)30(19-22-6-11-23(27)12-7-22)25(31)15-10-21-8-13-24(14-9-21)35(33,34)29-17-4-5-18-29/h3,6-9,11-14,20H,1,4-5,10,15-19H2,2H3,(H,28,32)/t20-/m0/s1. The highest BCUT2D eigenvalue weighted by Gasteiger charge is 2.28. The number of halogens is 1. The second-order valence-electron chi connectivity index (χ2n) is 8.61. The van der Waals surface area contributed by atoms with Crippen molar-refractivity contribution in [1.29, 1.82) is 0 Å². The lowest BCUT2D eigenvalue weighted by Gasteiger charge is -2.29. The second-order valence-corrected chi connectivity index (χ2v) is 10.6. The molecule has 1 N–H and O–H groups in total. The monoisotopic (exact) mass is 501 g/mol. The lowest BCUT2D eigenvalue weighted by Crippen LogP contribution is -2.47. The molecule has 35 heavy (non-hydrogen) atoms. The van der Waals surface area contributed by atoms with E-state index < -0.39 is 16.1 Å². The first kappa shape index (κ1) is 26.6. The molecule has 0 aromatic heterocycles. The number of hydrogen-bond acceptors (Lipinski definition) is 4. The molecular formula is C26H32FN3O4S. The van der Waals surface area contributed by atoms with Gasteiger partial charge >= 0.3 is 0 Å². The minimum absolute atomic E-state index is 0.137. The van der Waals surface area contributed by atoms with Gasteiger partial charge in [0.1, 0.15) is 11.9 Å². The molecule has 0 unspecified atom stereocenters. The number of nitrogens with zero attached hydrogens (tertiary/aromatic N) is 2. The van der Waals surface area contributed by atoms with Gasteiger partial charge in [-0.2, -0.15) is 4.31 Å². The van der Waals surface area contributed by atoms with Crippen LogP contribution in [-0.4, -0.2) is 55.1 Å². The van der Waals surface area contributed by atoms with E-state index >= 15 is 0 Å². The molecular weight excluding hydrogens is 469 g/mol. The van der Waals surface area contributed by atoms with Gasteiger partial charge < -0.3 is 10.2 Å². The van der Waals surface area contributed by atoms with Gasteiger partial charge in [-0.25, -0.2) is 12.8 Å². The molecule has 1 aliphatic heterocycles. The maximum Gasteiger partial charge on any atom is 0.243 e. The molecule has 0 aliphatic carbocycles. The molecule has 1 saturated heterocycles. The zero-order chi connectivity index (χ0) is 25.4. The largest absolute Gasteiger partial charge is 0.351 e. The Bertz CT molecular complexity index is 1130. The Morgan fingerprint density at radius 1 is 1.09 bits per heavy atom. The van der Waals surface area contributed by atoms with Crippen molar-refractivity contribution in [3.63, 3.8) is 0 Å². The number of nitrogens with one attached hydrogen (secondary N) is 1. The van der Waals surface area contributed by atoms with Crippen molar-refractivity contribution in [3.05, 3.63) is 78.1 Å². The molecule has 3 rings (SSSR count). The van der Waals surface area contributed by atoms with E-state index in [1.165, 1.54) is 21.3 Å². The van der Waals surface area contributed by atoms with Crippen LogP contribution in [0.15, 0.2) is 66.1 Å². The summed E-state index contributed by atoms with van der Waals surface area (Å²) < 4.78 is 40.2. The fourth-order valence-electron chi connectivity index (χ4n) is 3.99. The summed E-state index contributed by atoms with van der Waals surface area (Å²) in [7, 11) is -3.49. The number of benzene rings is 2. The number of amides is 2. The average Bonchev–Trinajstić information content (AvgIpc) is 3.41. The number of carbonyl (C=O) groups excluding carboxylic acids is 2. The van der Waals surface area contributed by atoms with E-state index in [2.05, 4.69) is 11.9 Å². The summed E-state index contributed by atoms with van der Waals surface area (Å²) in [5, 5.41) is 2.71. The highest BCUT2D eigenvalue weighted by Crippen LogP contribution is 2.21. The van der Waals surface area contributed by atoms with Crippen LogP contribution in [0.25, 0.3) is 0 Å². The minimum Gasteiger partial charge on any atom is -0.351 e. The topological polar surface area (TPSA) is 86.8 Å². The Balaban J connectivity index is 1.68. The summed E-state index contributed by atoms with van der Waals surface area (Å²) in [6, 6.07) is 11.7. The van der Waals surface area contributed by atoms with Gasteiger partial charge in [0.05, 0.1) is 4.90 Å². The molecule has 0 radical (unpaired) electrons. The van der Waals surface area contributed by atoms with E-state index in [4.69, 9.17) is 0 Å². The average molecular weight is 502 g/mol. The van der Waals surface area contributed by atoms with Crippen molar-refractivity contribution >= 4 is 21.8 Å². The van der Waals surface area contributed by atoms with Gasteiger partial charge in [-0.15, -0.1) is 6.58 Å². The summed E-state index contributed by atoms with van der Waals surface area (Å²) >= 11 is 0. The lowest BCUT2D eigenvalue weighted by molar-refractivity contribution is -0.140. The van der Waals surface area contributed by atoms with Gasteiger partial charge in [-0.1, -0.05) is 30.3 Å². The molecule has 1 heterocycles. The highest BCUT2D eigenvalue weighted by atomic mass is 32.2. The fourth-order valence-corrected chi connectivity index (χ4v) is 5.51. The summed E-state index contributed by atoms with van der Waals surface area (Å²) in [4.78, 5) is 27.4. The molecule has 0 saturated carbocycles. The van der Waals surface area contributed by atoms with E-state index in [0.29, 0.717) is 25.1 Å². The number of aryl methyl sites for hydroxylation is 1. The molecule has 7 nitrogen and oxygen atoms in total. The third-order valence-corrected chi connectivity index (χ3v) is 8.02. The fraction of sp³-hybridized carbons (Fsp3) is 0.385. The first-order chi connectivity index (χ1) is 16.7. The molecule has 9 heteroatoms.